The standard InChI is InChI=1S/C15H21FN2O/c1-11(19)14-10-12(16)4-5-15(14)18(3)13-6-8-17(2)9-7-13/h4-5,10,13H,6-9H2,1-3H3. The van der Waals surface area contributed by atoms with Gasteiger partial charge in [0.1, 0.15) is 5.82 Å². The lowest BCUT2D eigenvalue weighted by atomic mass is 10.0. The van der Waals surface area contributed by atoms with E-state index in [1.54, 1.807) is 6.07 Å². The number of anilines is 1. The van der Waals surface area contributed by atoms with Crippen LogP contribution in [0.3, 0.4) is 0 Å². The Kier molecular flexibility index (Phi) is 4.20. The zero-order valence-electron chi connectivity index (χ0n) is 11.8. The normalized spacial score (nSPS) is 17.5. The Balaban J connectivity index is 2.23. The highest BCUT2D eigenvalue weighted by atomic mass is 19.1. The molecule has 0 aliphatic carbocycles. The third-order valence-electron chi connectivity index (χ3n) is 3.95. The number of rotatable bonds is 3. The summed E-state index contributed by atoms with van der Waals surface area (Å²) in [5.41, 5.74) is 1.31. The molecule has 1 aromatic rings. The average molecular weight is 264 g/mol. The first-order chi connectivity index (χ1) is 8.99. The zero-order chi connectivity index (χ0) is 14.0. The van der Waals surface area contributed by atoms with Crippen LogP contribution in [0.2, 0.25) is 0 Å². The Morgan fingerprint density at radius 3 is 2.58 bits per heavy atom. The summed E-state index contributed by atoms with van der Waals surface area (Å²) in [6.45, 7) is 3.61. The van der Waals surface area contributed by atoms with Crippen LogP contribution in [0.5, 0.6) is 0 Å². The van der Waals surface area contributed by atoms with Gasteiger partial charge in [0.25, 0.3) is 0 Å². The Morgan fingerprint density at radius 2 is 2.00 bits per heavy atom. The number of piperidine rings is 1. The Labute approximate surface area is 114 Å². The van der Waals surface area contributed by atoms with Gasteiger partial charge < -0.3 is 9.80 Å². The number of benzene rings is 1. The molecular formula is C15H21FN2O. The number of hydrogen-bond donors (Lipinski definition) is 0. The number of halogens is 1. The minimum atomic E-state index is -0.356. The first-order valence-electron chi connectivity index (χ1n) is 6.71. The maximum absolute atomic E-state index is 13.3. The quantitative estimate of drug-likeness (QED) is 0.784. The second-order valence-electron chi connectivity index (χ2n) is 5.36. The molecule has 2 rings (SSSR count). The number of ketones is 1. The van der Waals surface area contributed by atoms with E-state index in [0.717, 1.165) is 31.6 Å². The number of likely N-dealkylation sites (tertiary alicyclic amines) is 1. The van der Waals surface area contributed by atoms with Crippen LogP contribution in [0.15, 0.2) is 18.2 Å². The van der Waals surface area contributed by atoms with Gasteiger partial charge in [-0.2, -0.15) is 0 Å². The average Bonchev–Trinajstić information content (AvgIpc) is 2.38. The summed E-state index contributed by atoms with van der Waals surface area (Å²) in [5, 5.41) is 0. The van der Waals surface area contributed by atoms with Gasteiger partial charge >= 0.3 is 0 Å². The molecule has 1 fully saturated rings. The van der Waals surface area contributed by atoms with Gasteiger partial charge in [-0.15, -0.1) is 0 Å². The van der Waals surface area contributed by atoms with Crippen molar-refractivity contribution in [2.24, 2.45) is 0 Å². The van der Waals surface area contributed by atoms with Gasteiger partial charge in [-0.1, -0.05) is 0 Å². The molecule has 0 N–H and O–H groups in total. The van der Waals surface area contributed by atoms with Crippen molar-refractivity contribution in [3.63, 3.8) is 0 Å². The van der Waals surface area contributed by atoms with Crippen molar-refractivity contribution < 1.29 is 9.18 Å². The van der Waals surface area contributed by atoms with E-state index in [9.17, 15) is 9.18 Å². The molecule has 1 aliphatic heterocycles. The van der Waals surface area contributed by atoms with E-state index in [1.165, 1.54) is 19.1 Å². The maximum atomic E-state index is 13.3. The van der Waals surface area contributed by atoms with Crippen molar-refractivity contribution in [2.45, 2.75) is 25.8 Å². The van der Waals surface area contributed by atoms with E-state index in [2.05, 4.69) is 16.8 Å². The fraction of sp³-hybridized carbons (Fsp3) is 0.533. The fourth-order valence-electron chi connectivity index (χ4n) is 2.68. The summed E-state index contributed by atoms with van der Waals surface area (Å²) in [4.78, 5) is 16.1. The molecule has 3 nitrogen and oxygen atoms in total. The number of hydrogen-bond acceptors (Lipinski definition) is 3. The van der Waals surface area contributed by atoms with Crippen LogP contribution in [0.1, 0.15) is 30.1 Å². The summed E-state index contributed by atoms with van der Waals surface area (Å²) in [6, 6.07) is 4.89. The van der Waals surface area contributed by atoms with Gasteiger partial charge in [-0.25, -0.2) is 4.39 Å². The number of Topliss-reactive ketones (excluding diaryl/α,β-unsaturated/α-hetero) is 1. The minimum Gasteiger partial charge on any atom is -0.371 e. The Hall–Kier alpha value is -1.42. The van der Waals surface area contributed by atoms with Crippen LogP contribution in [0, 0.1) is 5.82 Å². The molecule has 1 heterocycles. The van der Waals surface area contributed by atoms with E-state index in [1.807, 2.05) is 7.05 Å². The molecule has 0 radical (unpaired) electrons. The van der Waals surface area contributed by atoms with Crippen molar-refractivity contribution in [1.29, 1.82) is 0 Å². The highest BCUT2D eigenvalue weighted by Crippen LogP contribution is 2.26. The molecule has 0 aromatic heterocycles. The second kappa shape index (κ2) is 5.70. The Morgan fingerprint density at radius 1 is 1.37 bits per heavy atom. The third-order valence-corrected chi connectivity index (χ3v) is 3.95. The van der Waals surface area contributed by atoms with E-state index in [4.69, 9.17) is 0 Å². The van der Waals surface area contributed by atoms with Crippen molar-refractivity contribution in [3.05, 3.63) is 29.6 Å². The van der Waals surface area contributed by atoms with Gasteiger partial charge in [0.05, 0.1) is 0 Å². The highest BCUT2D eigenvalue weighted by molar-refractivity contribution is 5.99. The predicted molar refractivity (Wildman–Crippen MR) is 75.3 cm³/mol. The fourth-order valence-corrected chi connectivity index (χ4v) is 2.68. The number of nitrogens with zero attached hydrogens (tertiary/aromatic N) is 2. The van der Waals surface area contributed by atoms with Gasteiger partial charge in [0, 0.05) is 24.3 Å². The monoisotopic (exact) mass is 264 g/mol. The van der Waals surface area contributed by atoms with Crippen molar-refractivity contribution in [1.82, 2.24) is 4.90 Å². The smallest absolute Gasteiger partial charge is 0.161 e. The molecule has 19 heavy (non-hydrogen) atoms. The molecule has 1 aromatic carbocycles. The van der Waals surface area contributed by atoms with Crippen molar-refractivity contribution >= 4 is 11.5 Å². The highest BCUT2D eigenvalue weighted by Gasteiger charge is 2.23. The molecule has 1 aliphatic rings. The molecular weight excluding hydrogens is 243 g/mol. The Bertz CT molecular complexity index is 467. The molecule has 0 amide bonds. The predicted octanol–water partition coefficient (Wildman–Crippen LogP) is 2.56. The summed E-state index contributed by atoms with van der Waals surface area (Å²) < 4.78 is 13.3. The molecule has 1 saturated heterocycles. The molecule has 0 saturated carbocycles. The van der Waals surface area contributed by atoms with Gasteiger partial charge in [-0.05, 0) is 58.1 Å². The molecule has 0 bridgehead atoms. The van der Waals surface area contributed by atoms with Crippen molar-refractivity contribution in [3.8, 4) is 0 Å². The summed E-state index contributed by atoms with van der Waals surface area (Å²) in [5.74, 6) is -0.444. The first kappa shape index (κ1) is 14.0. The molecule has 104 valence electrons. The largest absolute Gasteiger partial charge is 0.371 e. The number of carbonyl (C=O) groups is 1. The first-order valence-corrected chi connectivity index (χ1v) is 6.71. The van der Waals surface area contributed by atoms with Crippen LogP contribution >= 0.6 is 0 Å². The number of carbonyl (C=O) groups excluding carboxylic acids is 1. The molecule has 0 atom stereocenters. The summed E-state index contributed by atoms with van der Waals surface area (Å²) in [7, 11) is 4.12. The zero-order valence-corrected chi connectivity index (χ0v) is 11.8. The van der Waals surface area contributed by atoms with E-state index in [-0.39, 0.29) is 11.6 Å². The van der Waals surface area contributed by atoms with E-state index in [0.29, 0.717) is 11.6 Å². The van der Waals surface area contributed by atoms with Crippen molar-refractivity contribution in [2.75, 3.05) is 32.1 Å². The van der Waals surface area contributed by atoms with Crippen LogP contribution in [0.4, 0.5) is 10.1 Å². The summed E-state index contributed by atoms with van der Waals surface area (Å²) >= 11 is 0. The van der Waals surface area contributed by atoms with Gasteiger partial charge in [-0.3, -0.25) is 4.79 Å². The van der Waals surface area contributed by atoms with E-state index < -0.39 is 0 Å². The molecule has 4 heteroatoms. The lowest BCUT2D eigenvalue weighted by Crippen LogP contribution is -2.42. The lowest BCUT2D eigenvalue weighted by molar-refractivity contribution is 0.101. The maximum Gasteiger partial charge on any atom is 0.161 e. The van der Waals surface area contributed by atoms with Crippen LogP contribution < -0.4 is 4.90 Å². The van der Waals surface area contributed by atoms with E-state index >= 15 is 0 Å². The molecule has 0 spiro atoms. The SMILES string of the molecule is CC(=O)c1cc(F)ccc1N(C)C1CCN(C)CC1. The van der Waals surface area contributed by atoms with Crippen LogP contribution in [-0.4, -0.2) is 43.9 Å². The molecule has 0 unspecified atom stereocenters. The van der Waals surface area contributed by atoms with Crippen LogP contribution in [0.25, 0.3) is 0 Å². The second-order valence-corrected chi connectivity index (χ2v) is 5.36. The topological polar surface area (TPSA) is 23.6 Å². The van der Waals surface area contributed by atoms with Gasteiger partial charge in [0.2, 0.25) is 0 Å². The van der Waals surface area contributed by atoms with Crippen LogP contribution in [-0.2, 0) is 0 Å². The lowest BCUT2D eigenvalue weighted by Gasteiger charge is -2.37. The minimum absolute atomic E-state index is 0.0886. The summed E-state index contributed by atoms with van der Waals surface area (Å²) in [6.07, 6.45) is 2.14. The third kappa shape index (κ3) is 3.13. The van der Waals surface area contributed by atoms with Gasteiger partial charge in [0.15, 0.2) is 5.78 Å².